The van der Waals surface area contributed by atoms with E-state index in [2.05, 4.69) is 45.1 Å². The van der Waals surface area contributed by atoms with Crippen molar-refractivity contribution in [3.63, 3.8) is 0 Å². The Bertz CT molecular complexity index is 368. The third-order valence-corrected chi connectivity index (χ3v) is 4.18. The Labute approximate surface area is 111 Å². The van der Waals surface area contributed by atoms with Gasteiger partial charge in [-0.05, 0) is 43.1 Å². The Hall–Kier alpha value is -0.360. The molecule has 1 aromatic heterocycles. The first-order valence-corrected chi connectivity index (χ1v) is 6.71. The summed E-state index contributed by atoms with van der Waals surface area (Å²) in [4.78, 5) is 4.77. The molecule has 0 bridgehead atoms. The van der Waals surface area contributed by atoms with Gasteiger partial charge >= 0.3 is 0 Å². The Kier molecular flexibility index (Phi) is 4.25. The summed E-state index contributed by atoms with van der Waals surface area (Å²) in [6, 6.07) is 2.60. The van der Waals surface area contributed by atoms with Crippen LogP contribution in [0.5, 0.6) is 0 Å². The highest BCUT2D eigenvalue weighted by molar-refractivity contribution is 9.10. The maximum Gasteiger partial charge on any atom is 0.136 e. The molecule has 5 heteroatoms. The molecule has 2 rings (SSSR count). The fourth-order valence-electron chi connectivity index (χ4n) is 2.43. The number of furan rings is 1. The van der Waals surface area contributed by atoms with Crippen molar-refractivity contribution in [2.45, 2.75) is 12.1 Å². The molecular formula is C12H20BrN3O. The van der Waals surface area contributed by atoms with Crippen molar-refractivity contribution >= 4 is 15.9 Å². The molecule has 0 radical (unpaired) electrons. The monoisotopic (exact) mass is 301 g/mol. The van der Waals surface area contributed by atoms with Crippen molar-refractivity contribution in [1.82, 2.24) is 15.1 Å². The molecule has 1 fully saturated rings. The van der Waals surface area contributed by atoms with E-state index in [1.54, 1.807) is 6.26 Å². The standard InChI is InChI=1S/C12H20BrN3O/c1-14-11(12-9(13)4-7-17-12)10-8-15(2)5-6-16(10)3/h4,7,10-11,14H,5-6,8H2,1-3H3. The summed E-state index contributed by atoms with van der Waals surface area (Å²) >= 11 is 3.54. The molecule has 2 unspecified atom stereocenters. The lowest BCUT2D eigenvalue weighted by molar-refractivity contribution is 0.0835. The summed E-state index contributed by atoms with van der Waals surface area (Å²) in [5, 5.41) is 3.37. The smallest absolute Gasteiger partial charge is 0.136 e. The number of piperazine rings is 1. The molecular weight excluding hydrogens is 282 g/mol. The van der Waals surface area contributed by atoms with Crippen LogP contribution in [0, 0.1) is 0 Å². The van der Waals surface area contributed by atoms with Crippen molar-refractivity contribution in [3.8, 4) is 0 Å². The van der Waals surface area contributed by atoms with Gasteiger partial charge in [0.2, 0.25) is 0 Å². The summed E-state index contributed by atoms with van der Waals surface area (Å²) in [5.41, 5.74) is 0. The zero-order valence-corrected chi connectivity index (χ0v) is 12.2. The second kappa shape index (κ2) is 5.52. The molecule has 0 amide bonds. The van der Waals surface area contributed by atoms with E-state index in [9.17, 15) is 0 Å². The molecule has 0 spiro atoms. The van der Waals surface area contributed by atoms with Gasteiger partial charge in [0.25, 0.3) is 0 Å². The quantitative estimate of drug-likeness (QED) is 0.918. The second-order valence-electron chi connectivity index (χ2n) is 4.71. The molecule has 1 aromatic rings. The van der Waals surface area contributed by atoms with E-state index in [0.29, 0.717) is 6.04 Å². The van der Waals surface area contributed by atoms with Crippen LogP contribution < -0.4 is 5.32 Å². The van der Waals surface area contributed by atoms with Crippen molar-refractivity contribution in [2.24, 2.45) is 0 Å². The summed E-state index contributed by atoms with van der Waals surface area (Å²) in [5.74, 6) is 0.986. The predicted molar refractivity (Wildman–Crippen MR) is 72.1 cm³/mol. The largest absolute Gasteiger partial charge is 0.466 e. The van der Waals surface area contributed by atoms with E-state index in [-0.39, 0.29) is 6.04 Å². The Morgan fingerprint density at radius 2 is 2.24 bits per heavy atom. The summed E-state index contributed by atoms with van der Waals surface area (Å²) < 4.78 is 6.64. The predicted octanol–water partition coefficient (Wildman–Crippen LogP) is 1.55. The van der Waals surface area contributed by atoms with E-state index >= 15 is 0 Å². The fourth-order valence-corrected chi connectivity index (χ4v) is 2.88. The molecule has 96 valence electrons. The van der Waals surface area contributed by atoms with Crippen LogP contribution in [-0.2, 0) is 0 Å². The molecule has 1 aliphatic heterocycles. The van der Waals surface area contributed by atoms with Crippen LogP contribution >= 0.6 is 15.9 Å². The summed E-state index contributed by atoms with van der Waals surface area (Å²) in [7, 11) is 6.34. The lowest BCUT2D eigenvalue weighted by Gasteiger charge is -2.41. The number of halogens is 1. The van der Waals surface area contributed by atoms with E-state index in [4.69, 9.17) is 4.42 Å². The lowest BCUT2D eigenvalue weighted by atomic mass is 10.0. The second-order valence-corrected chi connectivity index (χ2v) is 5.56. The van der Waals surface area contributed by atoms with Gasteiger partial charge < -0.3 is 14.6 Å². The van der Waals surface area contributed by atoms with Gasteiger partial charge in [-0.3, -0.25) is 4.90 Å². The van der Waals surface area contributed by atoms with Crippen molar-refractivity contribution in [1.29, 1.82) is 0 Å². The third kappa shape index (κ3) is 2.73. The Balaban J connectivity index is 2.20. The van der Waals surface area contributed by atoms with E-state index in [1.807, 2.05) is 13.1 Å². The summed E-state index contributed by atoms with van der Waals surface area (Å²) in [6.45, 7) is 3.27. The topological polar surface area (TPSA) is 31.7 Å². The first kappa shape index (κ1) is 13.1. The minimum Gasteiger partial charge on any atom is -0.466 e. The van der Waals surface area contributed by atoms with Crippen LogP contribution in [0.1, 0.15) is 11.8 Å². The molecule has 17 heavy (non-hydrogen) atoms. The van der Waals surface area contributed by atoms with Gasteiger partial charge in [0.05, 0.1) is 16.8 Å². The van der Waals surface area contributed by atoms with Crippen LogP contribution in [0.4, 0.5) is 0 Å². The van der Waals surface area contributed by atoms with Gasteiger partial charge in [0.1, 0.15) is 5.76 Å². The van der Waals surface area contributed by atoms with Crippen LogP contribution in [0.25, 0.3) is 0 Å². The number of rotatable bonds is 3. The molecule has 2 atom stereocenters. The average Bonchev–Trinajstić information content (AvgIpc) is 2.71. The molecule has 1 N–H and O–H groups in total. The molecule has 0 aromatic carbocycles. The molecule has 4 nitrogen and oxygen atoms in total. The van der Waals surface area contributed by atoms with Crippen LogP contribution in [0.3, 0.4) is 0 Å². The van der Waals surface area contributed by atoms with Gasteiger partial charge in [-0.2, -0.15) is 0 Å². The van der Waals surface area contributed by atoms with E-state index in [0.717, 1.165) is 29.9 Å². The van der Waals surface area contributed by atoms with Crippen LogP contribution in [0.15, 0.2) is 21.2 Å². The number of likely N-dealkylation sites (N-methyl/N-ethyl adjacent to an activating group) is 3. The zero-order valence-electron chi connectivity index (χ0n) is 10.6. The third-order valence-electron chi connectivity index (χ3n) is 3.52. The minimum atomic E-state index is 0.215. The van der Waals surface area contributed by atoms with Crippen molar-refractivity contribution in [3.05, 3.63) is 22.6 Å². The number of hydrogen-bond acceptors (Lipinski definition) is 4. The molecule has 1 aliphatic rings. The SMILES string of the molecule is CNC(c1occc1Br)C1CN(C)CCN1C. The van der Waals surface area contributed by atoms with Gasteiger partial charge in [-0.25, -0.2) is 0 Å². The normalized spacial score (nSPS) is 25.1. The highest BCUT2D eigenvalue weighted by Gasteiger charge is 2.32. The summed E-state index contributed by atoms with van der Waals surface area (Å²) in [6.07, 6.45) is 1.73. The molecule has 0 saturated carbocycles. The molecule has 1 saturated heterocycles. The van der Waals surface area contributed by atoms with Gasteiger partial charge in [0, 0.05) is 25.7 Å². The molecule has 2 heterocycles. The van der Waals surface area contributed by atoms with Gasteiger partial charge in [-0.15, -0.1) is 0 Å². The highest BCUT2D eigenvalue weighted by Crippen LogP contribution is 2.29. The zero-order chi connectivity index (χ0) is 12.4. The maximum absolute atomic E-state index is 5.60. The van der Waals surface area contributed by atoms with Crippen LogP contribution in [0.2, 0.25) is 0 Å². The Morgan fingerprint density at radius 3 is 2.82 bits per heavy atom. The minimum absolute atomic E-state index is 0.215. The van der Waals surface area contributed by atoms with E-state index < -0.39 is 0 Å². The number of nitrogens with zero attached hydrogens (tertiary/aromatic N) is 2. The van der Waals surface area contributed by atoms with Crippen LogP contribution in [-0.4, -0.2) is 56.6 Å². The van der Waals surface area contributed by atoms with Gasteiger partial charge in [0.15, 0.2) is 0 Å². The molecule has 0 aliphatic carbocycles. The lowest BCUT2D eigenvalue weighted by Crippen LogP contribution is -2.54. The first-order valence-electron chi connectivity index (χ1n) is 5.92. The van der Waals surface area contributed by atoms with Crippen molar-refractivity contribution in [2.75, 3.05) is 40.8 Å². The van der Waals surface area contributed by atoms with E-state index in [1.165, 1.54) is 0 Å². The van der Waals surface area contributed by atoms with Gasteiger partial charge in [-0.1, -0.05) is 0 Å². The maximum atomic E-state index is 5.60. The number of hydrogen-bond donors (Lipinski definition) is 1. The fraction of sp³-hybridized carbons (Fsp3) is 0.667. The Morgan fingerprint density at radius 1 is 1.47 bits per heavy atom. The highest BCUT2D eigenvalue weighted by atomic mass is 79.9. The average molecular weight is 302 g/mol. The number of nitrogens with one attached hydrogen (secondary N) is 1. The van der Waals surface area contributed by atoms with Crippen molar-refractivity contribution < 1.29 is 4.42 Å². The first-order chi connectivity index (χ1) is 8.13.